The number of benzene rings is 8. The molecule has 1 N–H and O–H groups in total. The molecule has 2 aliphatic rings. The molecule has 0 fully saturated rings. The molecule has 1 nitrogen and oxygen atoms in total. The number of rotatable bonds is 4. The average molecular weight is 653 g/mol. The van der Waals surface area contributed by atoms with Gasteiger partial charge < -0.3 is 5.11 Å². The summed E-state index contributed by atoms with van der Waals surface area (Å²) in [7, 11) is 0. The molecule has 8 aromatic carbocycles. The predicted octanol–water partition coefficient (Wildman–Crippen LogP) is 12.7. The second kappa shape index (κ2) is 13.2. The van der Waals surface area contributed by atoms with Crippen molar-refractivity contribution in [2.24, 2.45) is 0 Å². The first kappa shape index (κ1) is 30.8. The molecule has 10 rings (SSSR count). The third-order valence-electron chi connectivity index (χ3n) is 10.3. The molecule has 0 saturated carbocycles. The van der Waals surface area contributed by atoms with Gasteiger partial charge in [0, 0.05) is 0 Å². The minimum atomic E-state index is -0.611. The molecule has 51 heavy (non-hydrogen) atoms. The van der Waals surface area contributed by atoms with Gasteiger partial charge in [-0.2, -0.15) is 0 Å². The first-order valence-corrected chi connectivity index (χ1v) is 17.6. The molecule has 0 radical (unpaired) electrons. The lowest BCUT2D eigenvalue weighted by molar-refractivity contribution is 0.240. The number of hydrogen-bond donors (Lipinski definition) is 1. The minimum Gasteiger partial charge on any atom is -0.384 e. The first-order chi connectivity index (χ1) is 25.2. The van der Waals surface area contributed by atoms with Crippen LogP contribution in [0.5, 0.6) is 0 Å². The van der Waals surface area contributed by atoms with E-state index in [9.17, 15) is 5.11 Å². The lowest BCUT2D eigenvalue weighted by atomic mass is 9.82. The summed E-state index contributed by atoms with van der Waals surface area (Å²) in [4.78, 5) is 0. The van der Waals surface area contributed by atoms with E-state index in [0.717, 1.165) is 28.5 Å². The van der Waals surface area contributed by atoms with Crippen molar-refractivity contribution in [2.75, 3.05) is 0 Å². The molecule has 1 atom stereocenters. The largest absolute Gasteiger partial charge is 0.384 e. The van der Waals surface area contributed by atoms with Crippen molar-refractivity contribution in [3.63, 3.8) is 0 Å². The van der Waals surface area contributed by atoms with Crippen LogP contribution in [0.15, 0.2) is 182 Å². The summed E-state index contributed by atoms with van der Waals surface area (Å²) in [6.45, 7) is 0. The van der Waals surface area contributed by atoms with E-state index in [1.807, 2.05) is 36.4 Å². The van der Waals surface area contributed by atoms with Crippen molar-refractivity contribution in [3.8, 4) is 22.3 Å². The highest BCUT2D eigenvalue weighted by Gasteiger charge is 2.24. The van der Waals surface area contributed by atoms with Gasteiger partial charge in [-0.15, -0.1) is 0 Å². The van der Waals surface area contributed by atoms with Crippen LogP contribution in [0.4, 0.5) is 0 Å². The van der Waals surface area contributed by atoms with Gasteiger partial charge in [-0.25, -0.2) is 0 Å². The molecule has 2 aliphatic carbocycles. The molecular formula is C50H36O. The van der Waals surface area contributed by atoms with E-state index in [0.29, 0.717) is 0 Å². The fourth-order valence-corrected chi connectivity index (χ4v) is 7.90. The van der Waals surface area contributed by atoms with Crippen LogP contribution in [-0.2, 0) is 6.42 Å². The van der Waals surface area contributed by atoms with E-state index in [1.54, 1.807) is 0 Å². The van der Waals surface area contributed by atoms with E-state index in [4.69, 9.17) is 0 Å². The van der Waals surface area contributed by atoms with Crippen LogP contribution in [0, 0.1) is 0 Å². The highest BCUT2D eigenvalue weighted by atomic mass is 16.3. The standard InChI is InChI=1S/C25H18O.C25H18/c26-25-22-13-7-12-21-20(17-8-3-1-4-9-17)15-14-19(24(21)22)16-23(25)18-10-5-2-6-11-18;1-3-8-18(9-4-1)22-16-20-12-7-13-24-23(19-10-5-2-6-11-19)15-14-21(17-22)25(20)24/h1-16,25-26H;1-15,17H,16H2. The van der Waals surface area contributed by atoms with Crippen LogP contribution < -0.4 is 0 Å². The molecule has 8 aromatic rings. The Balaban J connectivity index is 0.000000137. The van der Waals surface area contributed by atoms with E-state index in [1.165, 1.54) is 66.2 Å². The smallest absolute Gasteiger partial charge is 0.105 e. The third kappa shape index (κ3) is 5.68. The van der Waals surface area contributed by atoms with Crippen LogP contribution >= 0.6 is 0 Å². The number of aliphatic hydroxyl groups is 1. The predicted molar refractivity (Wildman–Crippen MR) is 216 cm³/mol. The summed E-state index contributed by atoms with van der Waals surface area (Å²) in [5.41, 5.74) is 14.6. The molecule has 0 bridgehead atoms. The Hall–Kier alpha value is -6.28. The second-order valence-electron chi connectivity index (χ2n) is 13.3. The van der Waals surface area contributed by atoms with E-state index in [2.05, 4.69) is 158 Å². The lowest BCUT2D eigenvalue weighted by Gasteiger charge is -2.25. The molecule has 1 unspecified atom stereocenters. The van der Waals surface area contributed by atoms with Crippen LogP contribution in [0.1, 0.15) is 39.5 Å². The second-order valence-corrected chi connectivity index (χ2v) is 13.3. The van der Waals surface area contributed by atoms with Crippen molar-refractivity contribution in [3.05, 3.63) is 215 Å². The van der Waals surface area contributed by atoms with Crippen molar-refractivity contribution in [1.29, 1.82) is 0 Å². The summed E-state index contributed by atoms with van der Waals surface area (Å²) in [6, 6.07) is 63.8. The monoisotopic (exact) mass is 652 g/mol. The number of hydrogen-bond acceptors (Lipinski definition) is 1. The molecule has 0 spiro atoms. The zero-order valence-electron chi connectivity index (χ0n) is 28.2. The molecule has 1 heteroatoms. The molecular weight excluding hydrogens is 617 g/mol. The Morgan fingerprint density at radius 2 is 0.882 bits per heavy atom. The van der Waals surface area contributed by atoms with Crippen molar-refractivity contribution in [1.82, 2.24) is 0 Å². The molecule has 0 amide bonds. The topological polar surface area (TPSA) is 20.2 Å². The zero-order chi connectivity index (χ0) is 34.1. The number of allylic oxidation sites excluding steroid dienone is 1. The van der Waals surface area contributed by atoms with Gasteiger partial charge in [-0.3, -0.25) is 0 Å². The summed E-state index contributed by atoms with van der Waals surface area (Å²) < 4.78 is 0. The first-order valence-electron chi connectivity index (χ1n) is 17.6. The Kier molecular flexibility index (Phi) is 7.97. The van der Waals surface area contributed by atoms with Gasteiger partial charge in [0.15, 0.2) is 0 Å². The normalized spacial score (nSPS) is 14.3. The van der Waals surface area contributed by atoms with E-state index < -0.39 is 6.10 Å². The summed E-state index contributed by atoms with van der Waals surface area (Å²) in [5, 5.41) is 16.2. The van der Waals surface area contributed by atoms with Crippen LogP contribution in [0.2, 0.25) is 0 Å². The highest BCUT2D eigenvalue weighted by molar-refractivity contribution is 6.09. The third-order valence-corrected chi connectivity index (χ3v) is 10.3. The van der Waals surface area contributed by atoms with E-state index in [-0.39, 0.29) is 0 Å². The Morgan fingerprint density at radius 1 is 0.392 bits per heavy atom. The maximum atomic E-state index is 11.1. The SMILES string of the molecule is C1=C(c2ccccc2)Cc2cccc3c(-c4ccccc4)ccc1c23.OC1C(c2ccccc2)=Cc2ccc(-c3ccccc3)c3cccc1c23. The Labute approximate surface area is 299 Å². The summed E-state index contributed by atoms with van der Waals surface area (Å²) in [6.07, 6.45) is 4.87. The van der Waals surface area contributed by atoms with Gasteiger partial charge in [0.1, 0.15) is 6.10 Å². The summed E-state index contributed by atoms with van der Waals surface area (Å²) in [5.74, 6) is 0. The van der Waals surface area contributed by atoms with Gasteiger partial charge >= 0.3 is 0 Å². The highest BCUT2D eigenvalue weighted by Crippen LogP contribution is 2.44. The molecule has 0 saturated heterocycles. The van der Waals surface area contributed by atoms with Gasteiger partial charge in [0.25, 0.3) is 0 Å². The Bertz CT molecular complexity index is 2580. The number of aliphatic hydroxyl groups excluding tert-OH is 1. The molecule has 0 aliphatic heterocycles. The lowest BCUT2D eigenvalue weighted by Crippen LogP contribution is -2.07. The maximum Gasteiger partial charge on any atom is 0.105 e. The van der Waals surface area contributed by atoms with E-state index >= 15 is 0 Å². The van der Waals surface area contributed by atoms with Crippen molar-refractivity contribution in [2.45, 2.75) is 12.5 Å². The minimum absolute atomic E-state index is 0.611. The molecule has 242 valence electrons. The van der Waals surface area contributed by atoms with Crippen molar-refractivity contribution >= 4 is 44.8 Å². The zero-order valence-corrected chi connectivity index (χ0v) is 28.2. The van der Waals surface area contributed by atoms with Crippen LogP contribution in [0.25, 0.3) is 67.1 Å². The quantitative estimate of drug-likeness (QED) is 0.201. The fourth-order valence-electron chi connectivity index (χ4n) is 7.90. The van der Waals surface area contributed by atoms with Gasteiger partial charge in [-0.05, 0) is 101 Å². The molecule has 0 heterocycles. The van der Waals surface area contributed by atoms with Crippen LogP contribution in [0.3, 0.4) is 0 Å². The molecule has 0 aromatic heterocycles. The van der Waals surface area contributed by atoms with Crippen LogP contribution in [-0.4, -0.2) is 5.11 Å². The van der Waals surface area contributed by atoms with Gasteiger partial charge in [-0.1, -0.05) is 188 Å². The maximum absolute atomic E-state index is 11.1. The van der Waals surface area contributed by atoms with Gasteiger partial charge in [0.2, 0.25) is 0 Å². The van der Waals surface area contributed by atoms with Gasteiger partial charge in [0.05, 0.1) is 0 Å². The van der Waals surface area contributed by atoms with Crippen molar-refractivity contribution < 1.29 is 5.11 Å². The summed E-state index contributed by atoms with van der Waals surface area (Å²) >= 11 is 0. The average Bonchev–Trinajstić information content (AvgIpc) is 3.21. The fraction of sp³-hybridized carbons (Fsp3) is 0.0400. The Morgan fingerprint density at radius 3 is 1.47 bits per heavy atom.